The summed E-state index contributed by atoms with van der Waals surface area (Å²) >= 11 is 0. The van der Waals surface area contributed by atoms with Gasteiger partial charge in [0, 0.05) is 18.0 Å². The van der Waals surface area contributed by atoms with Crippen molar-refractivity contribution in [1.82, 2.24) is 20.8 Å². The lowest BCUT2D eigenvalue weighted by atomic mass is 10.0. The van der Waals surface area contributed by atoms with Crippen LogP contribution in [0.1, 0.15) is 43.2 Å². The topological polar surface area (TPSA) is 96.1 Å². The number of aryl methyl sites for hydroxylation is 1. The molecule has 0 radical (unpaired) electrons. The highest BCUT2D eigenvalue weighted by Gasteiger charge is 2.18. The van der Waals surface area contributed by atoms with Gasteiger partial charge in [-0.3, -0.25) is 9.89 Å². The molecule has 0 aliphatic heterocycles. The van der Waals surface area contributed by atoms with Crippen molar-refractivity contribution < 1.29 is 14.3 Å². The van der Waals surface area contributed by atoms with Gasteiger partial charge in [-0.1, -0.05) is 25.5 Å². The molecule has 0 saturated heterocycles. The van der Waals surface area contributed by atoms with Gasteiger partial charge in [-0.25, -0.2) is 4.79 Å². The Kier molecular flexibility index (Phi) is 6.38. The zero-order valence-electron chi connectivity index (χ0n) is 15.2. The van der Waals surface area contributed by atoms with Crippen LogP contribution in [0, 0.1) is 12.8 Å². The molecule has 1 aromatic carbocycles. The van der Waals surface area contributed by atoms with Crippen LogP contribution in [-0.2, 0) is 4.74 Å². The molecule has 136 valence electrons. The van der Waals surface area contributed by atoms with Gasteiger partial charge in [-0.2, -0.15) is 5.10 Å². The highest BCUT2D eigenvalue weighted by Crippen LogP contribution is 2.17. The number of ether oxygens (including phenoxy) is 1. The molecule has 0 aliphatic carbocycles. The Hall–Kier alpha value is -2.57. The number of carbonyl (C=O) groups excluding carboxylic acids is 2. The van der Waals surface area contributed by atoms with E-state index in [2.05, 4.69) is 34.7 Å². The predicted molar refractivity (Wildman–Crippen MR) is 96.6 cm³/mol. The third-order valence-electron chi connectivity index (χ3n) is 3.80. The van der Waals surface area contributed by atoms with E-state index in [9.17, 15) is 9.59 Å². The third kappa shape index (κ3) is 5.20. The van der Waals surface area contributed by atoms with E-state index in [1.807, 2.05) is 25.1 Å². The first-order valence-electron chi connectivity index (χ1n) is 8.57. The van der Waals surface area contributed by atoms with E-state index < -0.39 is 6.09 Å². The third-order valence-corrected chi connectivity index (χ3v) is 3.80. The number of aromatic amines is 1. The monoisotopic (exact) mass is 346 g/mol. The Morgan fingerprint density at radius 2 is 2.08 bits per heavy atom. The molecule has 1 unspecified atom stereocenters. The summed E-state index contributed by atoms with van der Waals surface area (Å²) < 4.78 is 4.92. The number of alkyl carbamates (subject to hydrolysis) is 1. The lowest BCUT2D eigenvalue weighted by Crippen LogP contribution is -2.44. The number of H-pyrrole nitrogens is 1. The second kappa shape index (κ2) is 8.50. The second-order valence-corrected chi connectivity index (χ2v) is 6.52. The minimum atomic E-state index is -0.469. The molecule has 3 N–H and O–H groups in total. The number of nitrogens with one attached hydrogen (secondary N) is 3. The van der Waals surface area contributed by atoms with Crippen molar-refractivity contribution in [2.45, 2.75) is 40.2 Å². The highest BCUT2D eigenvalue weighted by molar-refractivity contribution is 6.04. The van der Waals surface area contributed by atoms with Crippen LogP contribution in [0.2, 0.25) is 0 Å². The first-order chi connectivity index (χ1) is 11.9. The van der Waals surface area contributed by atoms with E-state index in [-0.39, 0.29) is 11.9 Å². The number of carbonyl (C=O) groups is 2. The Labute approximate surface area is 147 Å². The quantitative estimate of drug-likeness (QED) is 0.718. The average Bonchev–Trinajstić information content (AvgIpc) is 2.95. The Morgan fingerprint density at radius 1 is 1.32 bits per heavy atom. The first-order valence-corrected chi connectivity index (χ1v) is 8.57. The fourth-order valence-corrected chi connectivity index (χ4v) is 2.70. The van der Waals surface area contributed by atoms with E-state index >= 15 is 0 Å². The zero-order valence-corrected chi connectivity index (χ0v) is 15.2. The molecular weight excluding hydrogens is 320 g/mol. The van der Waals surface area contributed by atoms with Gasteiger partial charge in [0.1, 0.15) is 0 Å². The van der Waals surface area contributed by atoms with Gasteiger partial charge in [0.05, 0.1) is 12.1 Å². The van der Waals surface area contributed by atoms with Crippen LogP contribution >= 0.6 is 0 Å². The molecule has 0 fully saturated rings. The normalized spacial score (nSPS) is 12.2. The van der Waals surface area contributed by atoms with E-state index in [1.165, 1.54) is 0 Å². The molecule has 0 spiro atoms. The van der Waals surface area contributed by atoms with Crippen LogP contribution in [0.25, 0.3) is 10.9 Å². The number of hydrogen-bond acceptors (Lipinski definition) is 4. The van der Waals surface area contributed by atoms with Gasteiger partial charge < -0.3 is 15.4 Å². The molecule has 2 amide bonds. The van der Waals surface area contributed by atoms with Crippen molar-refractivity contribution in [2.75, 3.05) is 13.2 Å². The fourth-order valence-electron chi connectivity index (χ4n) is 2.70. The fraction of sp³-hybridized carbons (Fsp3) is 0.500. The van der Waals surface area contributed by atoms with Crippen molar-refractivity contribution in [2.24, 2.45) is 5.92 Å². The molecule has 2 rings (SSSR count). The van der Waals surface area contributed by atoms with E-state index in [4.69, 9.17) is 4.74 Å². The molecule has 0 bridgehead atoms. The summed E-state index contributed by atoms with van der Waals surface area (Å²) in [6, 6.07) is 5.59. The predicted octanol–water partition coefficient (Wildman–Crippen LogP) is 2.76. The lowest BCUT2D eigenvalue weighted by Gasteiger charge is -2.20. The van der Waals surface area contributed by atoms with E-state index in [0.717, 1.165) is 22.9 Å². The first kappa shape index (κ1) is 18.8. The molecule has 7 nitrogen and oxygen atoms in total. The maximum atomic E-state index is 12.5. The zero-order chi connectivity index (χ0) is 18.4. The molecule has 2 aromatic rings. The summed E-state index contributed by atoms with van der Waals surface area (Å²) in [7, 11) is 0. The van der Waals surface area contributed by atoms with Crippen LogP contribution in [0.5, 0.6) is 0 Å². The van der Waals surface area contributed by atoms with Crippen molar-refractivity contribution in [3.05, 3.63) is 29.5 Å². The number of nitrogens with zero attached hydrogens (tertiary/aromatic N) is 1. The van der Waals surface area contributed by atoms with Crippen molar-refractivity contribution >= 4 is 22.9 Å². The van der Waals surface area contributed by atoms with Gasteiger partial charge in [0.25, 0.3) is 5.91 Å². The van der Waals surface area contributed by atoms with Crippen LogP contribution in [0.3, 0.4) is 0 Å². The largest absolute Gasteiger partial charge is 0.450 e. The summed E-state index contributed by atoms with van der Waals surface area (Å²) in [6.07, 6.45) is 0.266. The maximum absolute atomic E-state index is 12.5. The summed E-state index contributed by atoms with van der Waals surface area (Å²) in [6.45, 7) is 8.47. The molecule has 1 heterocycles. The standard InChI is InChI=1S/C18H26N4O3/c1-5-25-18(24)20-13(8-11(2)3)10-19-17(23)16-14-9-12(4)6-7-15(14)21-22-16/h6-7,9,11,13H,5,8,10H2,1-4H3,(H,19,23)(H,20,24)(H,21,22). The molecule has 0 saturated carbocycles. The smallest absolute Gasteiger partial charge is 0.407 e. The van der Waals surface area contributed by atoms with Gasteiger partial charge >= 0.3 is 6.09 Å². The van der Waals surface area contributed by atoms with Gasteiger partial charge in [-0.15, -0.1) is 0 Å². The number of amides is 2. The van der Waals surface area contributed by atoms with Crippen LogP contribution < -0.4 is 10.6 Å². The van der Waals surface area contributed by atoms with Crippen LogP contribution in [0.15, 0.2) is 18.2 Å². The highest BCUT2D eigenvalue weighted by atomic mass is 16.5. The maximum Gasteiger partial charge on any atom is 0.407 e. The minimum absolute atomic E-state index is 0.199. The Morgan fingerprint density at radius 3 is 2.76 bits per heavy atom. The number of aromatic nitrogens is 2. The second-order valence-electron chi connectivity index (χ2n) is 6.52. The number of rotatable bonds is 7. The summed E-state index contributed by atoms with van der Waals surface area (Å²) in [5, 5.41) is 13.4. The summed E-state index contributed by atoms with van der Waals surface area (Å²) in [5.74, 6) is 0.106. The van der Waals surface area contributed by atoms with Gasteiger partial charge in [0.2, 0.25) is 0 Å². The van der Waals surface area contributed by atoms with Gasteiger partial charge in [0.15, 0.2) is 5.69 Å². The molecule has 1 aromatic heterocycles. The van der Waals surface area contributed by atoms with Crippen molar-refractivity contribution in [3.63, 3.8) is 0 Å². The molecule has 25 heavy (non-hydrogen) atoms. The number of fused-ring (bicyclic) bond motifs is 1. The van der Waals surface area contributed by atoms with Crippen LogP contribution in [-0.4, -0.2) is 41.4 Å². The molecule has 7 heteroatoms. The van der Waals surface area contributed by atoms with Crippen LogP contribution in [0.4, 0.5) is 4.79 Å². The molecule has 0 aliphatic rings. The molecule has 1 atom stereocenters. The van der Waals surface area contributed by atoms with Crippen molar-refractivity contribution in [3.8, 4) is 0 Å². The Bertz CT molecular complexity index is 739. The van der Waals surface area contributed by atoms with E-state index in [0.29, 0.717) is 24.8 Å². The summed E-state index contributed by atoms with van der Waals surface area (Å²) in [5.41, 5.74) is 2.24. The minimum Gasteiger partial charge on any atom is -0.450 e. The Balaban J connectivity index is 2.03. The van der Waals surface area contributed by atoms with Gasteiger partial charge in [-0.05, 0) is 38.3 Å². The number of benzene rings is 1. The average molecular weight is 346 g/mol. The molecular formula is C18H26N4O3. The van der Waals surface area contributed by atoms with Crippen molar-refractivity contribution in [1.29, 1.82) is 0 Å². The lowest BCUT2D eigenvalue weighted by molar-refractivity contribution is 0.0941. The van der Waals surface area contributed by atoms with E-state index in [1.54, 1.807) is 6.92 Å². The summed E-state index contributed by atoms with van der Waals surface area (Å²) in [4.78, 5) is 24.2. The number of hydrogen-bond donors (Lipinski definition) is 3. The SMILES string of the molecule is CCOC(=O)NC(CNC(=O)c1n[nH]c2ccc(C)cc12)CC(C)C.